The fourth-order valence-electron chi connectivity index (χ4n) is 3.53. The minimum Gasteiger partial charge on any atom is -0.444 e. The van der Waals surface area contributed by atoms with Crippen molar-refractivity contribution >= 4 is 34.3 Å². The van der Waals surface area contributed by atoms with E-state index < -0.39 is 5.60 Å². The van der Waals surface area contributed by atoms with Crippen molar-refractivity contribution in [2.75, 3.05) is 31.6 Å². The number of piperidine rings is 1. The predicted molar refractivity (Wildman–Crippen MR) is 111 cm³/mol. The predicted octanol–water partition coefficient (Wildman–Crippen LogP) is 4.97. The lowest BCUT2D eigenvalue weighted by Crippen LogP contribution is -2.43. The Morgan fingerprint density at radius 1 is 1.37 bits per heavy atom. The van der Waals surface area contributed by atoms with Crippen LogP contribution in [0.1, 0.15) is 33.6 Å². The Bertz CT molecular complexity index is 819. The standard InChI is InChI=1S/C21H28ClN3O2/c1-21(2,3)27-20(26)24(4)13-15-8-7-11-25(14-15)18-12-16-9-5-6-10-17(16)19(22)23-18/h5-6,9-10,12,15H,7-8,11,13-14H2,1-4H3. The van der Waals surface area contributed by atoms with Gasteiger partial charge in [-0.1, -0.05) is 35.9 Å². The number of nitrogens with zero attached hydrogens (tertiary/aromatic N) is 3. The molecule has 0 aliphatic carbocycles. The second-order valence-corrected chi connectivity index (χ2v) is 8.67. The topological polar surface area (TPSA) is 45.7 Å². The molecule has 146 valence electrons. The first-order chi connectivity index (χ1) is 12.7. The van der Waals surface area contributed by atoms with Crippen molar-refractivity contribution in [3.63, 3.8) is 0 Å². The summed E-state index contributed by atoms with van der Waals surface area (Å²) in [6.45, 7) is 8.14. The zero-order valence-electron chi connectivity index (χ0n) is 16.5. The Balaban J connectivity index is 1.68. The van der Waals surface area contributed by atoms with E-state index in [9.17, 15) is 4.79 Å². The summed E-state index contributed by atoms with van der Waals surface area (Å²) in [4.78, 5) is 20.8. The van der Waals surface area contributed by atoms with E-state index in [0.29, 0.717) is 17.6 Å². The van der Waals surface area contributed by atoms with Gasteiger partial charge in [0.15, 0.2) is 0 Å². The number of carbonyl (C=O) groups is 1. The summed E-state index contributed by atoms with van der Waals surface area (Å²) in [7, 11) is 1.80. The number of amides is 1. The molecule has 0 spiro atoms. The van der Waals surface area contributed by atoms with E-state index >= 15 is 0 Å². The van der Waals surface area contributed by atoms with Gasteiger partial charge in [0.2, 0.25) is 0 Å². The Labute approximate surface area is 166 Å². The lowest BCUT2D eigenvalue weighted by Gasteiger charge is -2.36. The van der Waals surface area contributed by atoms with Gasteiger partial charge in [0.1, 0.15) is 16.6 Å². The normalized spacial score (nSPS) is 17.8. The van der Waals surface area contributed by atoms with Crippen molar-refractivity contribution in [3.05, 3.63) is 35.5 Å². The first-order valence-electron chi connectivity index (χ1n) is 9.47. The molecule has 3 rings (SSSR count). The monoisotopic (exact) mass is 389 g/mol. The van der Waals surface area contributed by atoms with E-state index in [1.165, 1.54) is 0 Å². The molecule has 6 heteroatoms. The molecule has 2 heterocycles. The van der Waals surface area contributed by atoms with Crippen molar-refractivity contribution < 1.29 is 9.53 Å². The molecule has 1 aromatic heterocycles. The minimum absolute atomic E-state index is 0.272. The molecule has 1 unspecified atom stereocenters. The van der Waals surface area contributed by atoms with Crippen LogP contribution in [0.4, 0.5) is 10.6 Å². The minimum atomic E-state index is -0.476. The van der Waals surface area contributed by atoms with Crippen molar-refractivity contribution in [1.29, 1.82) is 0 Å². The number of pyridine rings is 1. The average Bonchev–Trinajstić information content (AvgIpc) is 2.60. The maximum atomic E-state index is 12.2. The Hall–Kier alpha value is -2.01. The van der Waals surface area contributed by atoms with Crippen LogP contribution in [0.3, 0.4) is 0 Å². The van der Waals surface area contributed by atoms with Crippen LogP contribution >= 0.6 is 11.6 Å². The fraction of sp³-hybridized carbons (Fsp3) is 0.524. The molecule has 0 radical (unpaired) electrons. The first-order valence-corrected chi connectivity index (χ1v) is 9.85. The maximum absolute atomic E-state index is 12.2. The molecule has 0 saturated carbocycles. The third-order valence-electron chi connectivity index (χ3n) is 4.76. The van der Waals surface area contributed by atoms with E-state index in [1.807, 2.05) is 39.0 Å². The number of fused-ring (bicyclic) bond motifs is 1. The number of ether oxygens (including phenoxy) is 1. The highest BCUT2D eigenvalue weighted by atomic mass is 35.5. The second-order valence-electron chi connectivity index (χ2n) is 8.31. The molecule has 5 nitrogen and oxygen atoms in total. The highest BCUT2D eigenvalue weighted by Crippen LogP contribution is 2.29. The van der Waals surface area contributed by atoms with Crippen molar-refractivity contribution in [2.45, 2.75) is 39.2 Å². The number of halogens is 1. The number of anilines is 1. The van der Waals surface area contributed by atoms with Crippen LogP contribution in [-0.2, 0) is 4.74 Å². The third-order valence-corrected chi connectivity index (χ3v) is 5.05. The van der Waals surface area contributed by atoms with Crippen molar-refractivity contribution in [3.8, 4) is 0 Å². The lowest BCUT2D eigenvalue weighted by molar-refractivity contribution is 0.0269. The zero-order chi connectivity index (χ0) is 19.6. The summed E-state index contributed by atoms with van der Waals surface area (Å²) in [5.74, 6) is 1.28. The Kier molecular flexibility index (Phi) is 5.80. The first kappa shape index (κ1) is 19.7. The largest absolute Gasteiger partial charge is 0.444 e. The summed E-state index contributed by atoms with van der Waals surface area (Å²) in [5, 5.41) is 2.61. The van der Waals surface area contributed by atoms with Gasteiger partial charge in [-0.2, -0.15) is 0 Å². The van der Waals surface area contributed by atoms with Gasteiger partial charge in [-0.25, -0.2) is 9.78 Å². The molecular weight excluding hydrogens is 362 g/mol. The molecule has 0 bridgehead atoms. The SMILES string of the molecule is CN(CC1CCCN(c2cc3ccccc3c(Cl)n2)C1)C(=O)OC(C)(C)C. The number of hydrogen-bond donors (Lipinski definition) is 0. The zero-order valence-corrected chi connectivity index (χ0v) is 17.3. The summed E-state index contributed by atoms with van der Waals surface area (Å²) in [5.41, 5.74) is -0.476. The van der Waals surface area contributed by atoms with E-state index in [4.69, 9.17) is 16.3 Å². The molecule has 1 amide bonds. The van der Waals surface area contributed by atoms with Gasteiger partial charge in [-0.05, 0) is 51.0 Å². The fourth-order valence-corrected chi connectivity index (χ4v) is 3.79. The number of carbonyl (C=O) groups excluding carboxylic acids is 1. The second kappa shape index (κ2) is 7.93. The Morgan fingerprint density at radius 3 is 2.85 bits per heavy atom. The molecule has 1 aromatic carbocycles. The molecule has 27 heavy (non-hydrogen) atoms. The van der Waals surface area contributed by atoms with Gasteiger partial charge in [-0.3, -0.25) is 0 Å². The Morgan fingerprint density at radius 2 is 2.11 bits per heavy atom. The van der Waals surface area contributed by atoms with E-state index in [1.54, 1.807) is 11.9 Å². The van der Waals surface area contributed by atoms with Gasteiger partial charge in [0.05, 0.1) is 0 Å². The van der Waals surface area contributed by atoms with Crippen LogP contribution in [0.2, 0.25) is 5.15 Å². The number of rotatable bonds is 3. The molecular formula is C21H28ClN3O2. The maximum Gasteiger partial charge on any atom is 0.410 e. The molecule has 1 aliphatic heterocycles. The number of hydrogen-bond acceptors (Lipinski definition) is 4. The van der Waals surface area contributed by atoms with Crippen LogP contribution in [0.5, 0.6) is 0 Å². The molecule has 1 saturated heterocycles. The van der Waals surface area contributed by atoms with Gasteiger partial charge in [0.25, 0.3) is 0 Å². The van der Waals surface area contributed by atoms with E-state index in [-0.39, 0.29) is 6.09 Å². The average molecular weight is 390 g/mol. The van der Waals surface area contributed by atoms with Crippen LogP contribution in [-0.4, -0.2) is 48.3 Å². The highest BCUT2D eigenvalue weighted by molar-refractivity contribution is 6.34. The lowest BCUT2D eigenvalue weighted by atomic mass is 9.97. The van der Waals surface area contributed by atoms with Crippen LogP contribution < -0.4 is 4.90 Å². The van der Waals surface area contributed by atoms with Crippen LogP contribution in [0.25, 0.3) is 10.8 Å². The van der Waals surface area contributed by atoms with Crippen molar-refractivity contribution in [2.24, 2.45) is 5.92 Å². The summed E-state index contributed by atoms with van der Waals surface area (Å²) in [6, 6.07) is 10.1. The molecule has 1 fully saturated rings. The number of aromatic nitrogens is 1. The smallest absolute Gasteiger partial charge is 0.410 e. The highest BCUT2D eigenvalue weighted by Gasteiger charge is 2.26. The van der Waals surface area contributed by atoms with Gasteiger partial charge >= 0.3 is 6.09 Å². The van der Waals surface area contributed by atoms with E-state index in [2.05, 4.69) is 22.0 Å². The number of benzene rings is 1. The molecule has 1 atom stereocenters. The van der Waals surface area contributed by atoms with Crippen LogP contribution in [0, 0.1) is 5.92 Å². The summed E-state index contributed by atoms with van der Waals surface area (Å²) in [6.07, 6.45) is 1.88. The molecule has 1 aliphatic rings. The van der Waals surface area contributed by atoms with Gasteiger partial charge < -0.3 is 14.5 Å². The molecule has 0 N–H and O–H groups in total. The quantitative estimate of drug-likeness (QED) is 0.695. The molecule has 2 aromatic rings. The summed E-state index contributed by atoms with van der Waals surface area (Å²) < 4.78 is 5.46. The van der Waals surface area contributed by atoms with Gasteiger partial charge in [-0.15, -0.1) is 0 Å². The van der Waals surface area contributed by atoms with E-state index in [0.717, 1.165) is 42.5 Å². The van der Waals surface area contributed by atoms with Crippen LogP contribution in [0.15, 0.2) is 30.3 Å². The summed E-state index contributed by atoms with van der Waals surface area (Å²) >= 11 is 6.40. The third kappa shape index (κ3) is 5.04. The van der Waals surface area contributed by atoms with Crippen molar-refractivity contribution in [1.82, 2.24) is 9.88 Å². The van der Waals surface area contributed by atoms with Gasteiger partial charge in [0, 0.05) is 32.1 Å².